The Hall–Kier alpha value is -3.42. The fourth-order valence-electron chi connectivity index (χ4n) is 4.76. The van der Waals surface area contributed by atoms with Gasteiger partial charge in [0.15, 0.2) is 15.5 Å². The Labute approximate surface area is 259 Å². The minimum absolute atomic E-state index is 0.0893. The topological polar surface area (TPSA) is 132 Å². The number of fused-ring (bicyclic) bond motifs is 1. The van der Waals surface area contributed by atoms with E-state index >= 15 is 0 Å². The van der Waals surface area contributed by atoms with Crippen molar-refractivity contribution >= 4 is 44.8 Å². The molecule has 2 aromatic carbocycles. The summed E-state index contributed by atoms with van der Waals surface area (Å²) in [6, 6.07) is 13.3. The zero-order valence-corrected chi connectivity index (χ0v) is 25.9. The van der Waals surface area contributed by atoms with Crippen molar-refractivity contribution in [3.8, 4) is 17.1 Å². The molecule has 9 nitrogen and oxygen atoms in total. The van der Waals surface area contributed by atoms with Crippen LogP contribution < -0.4 is 21.1 Å². The predicted octanol–water partition coefficient (Wildman–Crippen LogP) is 5.15. The third-order valence-electron chi connectivity index (χ3n) is 6.89. The van der Waals surface area contributed by atoms with Crippen LogP contribution in [0.5, 0.6) is 5.75 Å². The summed E-state index contributed by atoms with van der Waals surface area (Å²) in [6.07, 6.45) is 4.48. The molecular weight excluding hydrogens is 611 g/mol. The molecule has 0 saturated carbocycles. The van der Waals surface area contributed by atoms with Crippen molar-refractivity contribution in [3.05, 3.63) is 92.6 Å². The van der Waals surface area contributed by atoms with Gasteiger partial charge in [-0.15, -0.1) is 11.3 Å². The molecule has 5 rings (SSSR count). The van der Waals surface area contributed by atoms with Gasteiger partial charge in [-0.1, -0.05) is 42.8 Å². The molecule has 0 radical (unpaired) electrons. The number of nitrogens with two attached hydrogens (primary N) is 1. The van der Waals surface area contributed by atoms with Gasteiger partial charge < -0.3 is 15.4 Å². The van der Waals surface area contributed by atoms with Crippen molar-refractivity contribution in [2.45, 2.75) is 32.0 Å². The minimum Gasteiger partial charge on any atom is -0.487 e. The number of ether oxygens (including phenoxy) is 1. The normalized spacial score (nSPS) is 16.1. The van der Waals surface area contributed by atoms with Crippen LogP contribution in [0.4, 0.5) is 10.1 Å². The zero-order valence-electron chi connectivity index (χ0n) is 23.5. The molecular formula is C30H32ClFN6O3S2. The van der Waals surface area contributed by atoms with Crippen molar-refractivity contribution in [1.82, 2.24) is 15.3 Å². The van der Waals surface area contributed by atoms with Crippen LogP contribution in [0.3, 0.4) is 0 Å². The number of anilines is 1. The quantitative estimate of drug-likeness (QED) is 0.171. The summed E-state index contributed by atoms with van der Waals surface area (Å²) in [6.45, 7) is 2.98. The minimum atomic E-state index is -3.01. The highest BCUT2D eigenvalue weighted by atomic mass is 35.5. The number of rotatable bonds is 13. The van der Waals surface area contributed by atoms with E-state index < -0.39 is 15.5 Å². The molecule has 3 heterocycles. The number of sulfone groups is 1. The van der Waals surface area contributed by atoms with Crippen LogP contribution in [0.25, 0.3) is 11.4 Å². The number of aromatic nitrogens is 2. The number of thiazole rings is 1. The van der Waals surface area contributed by atoms with Gasteiger partial charge in [-0.2, -0.15) is 0 Å². The molecule has 0 amide bonds. The lowest BCUT2D eigenvalue weighted by molar-refractivity contribution is 0.297. The van der Waals surface area contributed by atoms with Crippen molar-refractivity contribution < 1.29 is 17.5 Å². The van der Waals surface area contributed by atoms with Crippen molar-refractivity contribution in [3.63, 3.8) is 0 Å². The van der Waals surface area contributed by atoms with Crippen molar-refractivity contribution in [2.75, 3.05) is 29.9 Å². The van der Waals surface area contributed by atoms with E-state index in [1.165, 1.54) is 29.8 Å². The number of para-hydroxylation sites is 1. The molecule has 0 saturated heterocycles. The van der Waals surface area contributed by atoms with Gasteiger partial charge in [-0.05, 0) is 36.2 Å². The van der Waals surface area contributed by atoms with E-state index in [9.17, 15) is 12.8 Å². The zero-order chi connectivity index (χ0) is 30.5. The first-order valence-electron chi connectivity index (χ1n) is 13.8. The van der Waals surface area contributed by atoms with E-state index in [-0.39, 0.29) is 23.9 Å². The maximum atomic E-state index is 13.7. The summed E-state index contributed by atoms with van der Waals surface area (Å²) in [5, 5.41) is 9.48. The molecule has 0 fully saturated rings. The molecule has 0 bridgehead atoms. The molecule has 1 unspecified atom stereocenters. The van der Waals surface area contributed by atoms with E-state index in [2.05, 4.69) is 20.6 Å². The SMILES string of the molecule is CCCS(=O)(=O)CCNCCc1nc(-c2cc3c(cn2)NC=NC3(N)c2cccc(Cl)c2OCc2cccc(F)c2)cs1. The summed E-state index contributed by atoms with van der Waals surface area (Å²) in [4.78, 5) is 14.0. The van der Waals surface area contributed by atoms with Crippen LogP contribution in [-0.4, -0.2) is 49.3 Å². The van der Waals surface area contributed by atoms with E-state index in [1.54, 1.807) is 36.5 Å². The van der Waals surface area contributed by atoms with Gasteiger partial charge in [-0.3, -0.25) is 10.7 Å². The van der Waals surface area contributed by atoms with Gasteiger partial charge in [0.25, 0.3) is 0 Å². The first-order valence-corrected chi connectivity index (χ1v) is 16.9. The van der Waals surface area contributed by atoms with Gasteiger partial charge in [0, 0.05) is 41.8 Å². The number of aliphatic imine (C=N–C) groups is 1. The molecule has 2 aromatic heterocycles. The number of halogens is 2. The Morgan fingerprint density at radius 2 is 1.95 bits per heavy atom. The molecule has 1 aliphatic rings. The van der Waals surface area contributed by atoms with Crippen LogP contribution in [0.2, 0.25) is 5.02 Å². The first kappa shape index (κ1) is 31.0. The second kappa shape index (κ2) is 13.5. The van der Waals surface area contributed by atoms with Gasteiger partial charge in [-0.25, -0.2) is 22.8 Å². The van der Waals surface area contributed by atoms with E-state index in [0.29, 0.717) is 70.5 Å². The molecule has 0 spiro atoms. The largest absolute Gasteiger partial charge is 0.487 e. The third-order valence-corrected chi connectivity index (χ3v) is 9.95. The maximum Gasteiger partial charge on any atom is 0.167 e. The standard InChI is InChI=1S/C30H32ClFN6O3S2/c1-2-12-43(39,40)13-11-34-10-9-28-38-27(18-42-28)25-15-23-26(16-35-25)36-19-37-30(23,33)22-7-4-8-24(31)29(22)41-17-20-5-3-6-21(32)14-20/h3-8,14-16,18-19,34H,2,9-13,17,33H2,1H3,(H,36,37). The highest BCUT2D eigenvalue weighted by molar-refractivity contribution is 7.91. The lowest BCUT2D eigenvalue weighted by Gasteiger charge is -2.32. The van der Waals surface area contributed by atoms with Crippen LogP contribution in [0, 0.1) is 5.82 Å². The van der Waals surface area contributed by atoms with Gasteiger partial charge >= 0.3 is 0 Å². The molecule has 1 atom stereocenters. The molecule has 226 valence electrons. The second-order valence-electron chi connectivity index (χ2n) is 10.1. The monoisotopic (exact) mass is 642 g/mol. The molecule has 4 N–H and O–H groups in total. The average Bonchev–Trinajstić information content (AvgIpc) is 3.45. The van der Waals surface area contributed by atoms with Gasteiger partial charge in [0.1, 0.15) is 18.2 Å². The average molecular weight is 643 g/mol. The van der Waals surface area contributed by atoms with Crippen molar-refractivity contribution in [1.29, 1.82) is 0 Å². The fraction of sp³-hybridized carbons (Fsp3) is 0.300. The maximum absolute atomic E-state index is 13.7. The summed E-state index contributed by atoms with van der Waals surface area (Å²) >= 11 is 8.09. The first-order chi connectivity index (χ1) is 20.7. The van der Waals surface area contributed by atoms with Crippen LogP contribution in [-0.2, 0) is 28.5 Å². The van der Waals surface area contributed by atoms with Crippen LogP contribution in [0.15, 0.2) is 65.1 Å². The number of hydrogen-bond donors (Lipinski definition) is 3. The van der Waals surface area contributed by atoms with Gasteiger partial charge in [0.2, 0.25) is 0 Å². The Bertz CT molecular complexity index is 1730. The van der Waals surface area contributed by atoms with E-state index in [0.717, 1.165) is 5.01 Å². The van der Waals surface area contributed by atoms with Gasteiger partial charge in [0.05, 0.1) is 45.4 Å². The Morgan fingerprint density at radius 1 is 1.12 bits per heavy atom. The molecule has 0 aliphatic carbocycles. The summed E-state index contributed by atoms with van der Waals surface area (Å²) in [5.41, 5.74) is 9.49. The summed E-state index contributed by atoms with van der Waals surface area (Å²) in [5.74, 6) is 0.339. The highest BCUT2D eigenvalue weighted by Crippen LogP contribution is 2.43. The highest BCUT2D eigenvalue weighted by Gasteiger charge is 2.37. The Morgan fingerprint density at radius 3 is 2.77 bits per heavy atom. The molecule has 43 heavy (non-hydrogen) atoms. The van der Waals surface area contributed by atoms with E-state index in [4.69, 9.17) is 27.1 Å². The fourth-order valence-corrected chi connectivity index (χ4v) is 7.06. The summed E-state index contributed by atoms with van der Waals surface area (Å²) < 4.78 is 43.6. The second-order valence-corrected chi connectivity index (χ2v) is 13.8. The number of pyridine rings is 1. The van der Waals surface area contributed by atoms with Crippen LogP contribution >= 0.6 is 22.9 Å². The number of benzene rings is 2. The van der Waals surface area contributed by atoms with Crippen LogP contribution in [0.1, 0.15) is 35.0 Å². The molecule has 1 aliphatic heterocycles. The smallest absolute Gasteiger partial charge is 0.167 e. The predicted molar refractivity (Wildman–Crippen MR) is 170 cm³/mol. The lowest BCUT2D eigenvalue weighted by atomic mass is 9.89. The Kier molecular flexibility index (Phi) is 9.72. The molecule has 4 aromatic rings. The number of hydrogen-bond acceptors (Lipinski definition) is 10. The third kappa shape index (κ3) is 7.39. The van der Waals surface area contributed by atoms with Crippen molar-refractivity contribution in [2.24, 2.45) is 10.7 Å². The lowest BCUT2D eigenvalue weighted by Crippen LogP contribution is -2.40. The summed E-state index contributed by atoms with van der Waals surface area (Å²) in [7, 11) is -3.01. The number of nitrogens with zero attached hydrogens (tertiary/aromatic N) is 3. The number of nitrogens with one attached hydrogen (secondary N) is 2. The van der Waals surface area contributed by atoms with E-state index in [1.807, 2.05) is 18.4 Å². The Balaban J connectivity index is 1.34. The molecule has 13 heteroatoms.